The van der Waals surface area contributed by atoms with Gasteiger partial charge < -0.3 is 5.32 Å². The molecule has 0 aliphatic rings. The minimum atomic E-state index is -3.98. The van der Waals surface area contributed by atoms with Crippen molar-refractivity contribution in [2.75, 3.05) is 12.8 Å². The lowest BCUT2D eigenvalue weighted by atomic mass is 10.1. The first-order valence-corrected chi connectivity index (χ1v) is 13.5. The Morgan fingerprint density at radius 1 is 1.00 bits per heavy atom. The Morgan fingerprint density at radius 2 is 1.64 bits per heavy atom. The van der Waals surface area contributed by atoms with Crippen LogP contribution in [0.5, 0.6) is 0 Å². The minimum Gasteiger partial charge on any atom is -0.348 e. The fraction of sp³-hybridized carbons (Fsp3) is 0.208. The summed E-state index contributed by atoms with van der Waals surface area (Å²) in [5.41, 5.74) is 1.53. The van der Waals surface area contributed by atoms with Crippen LogP contribution in [0, 0.1) is 0 Å². The molecule has 33 heavy (non-hydrogen) atoms. The van der Waals surface area contributed by atoms with Crippen LogP contribution >= 0.6 is 35.0 Å². The van der Waals surface area contributed by atoms with Crippen molar-refractivity contribution in [1.29, 1.82) is 0 Å². The fourth-order valence-corrected chi connectivity index (χ4v) is 5.33. The number of thioether (sulfide) groups is 1. The standard InChI is InChI=1S/C24H24Cl2N2O3S2/c1-17(18-7-11-21(32-2)12-8-18)27-24(29)16-28(15-19-5-3-4-6-23(19)26)33(30,31)22-13-9-20(25)10-14-22/h3-14,17H,15-16H2,1-2H3,(H,27,29)/t17-/m1/s1. The number of rotatable bonds is 9. The van der Waals surface area contributed by atoms with Crippen molar-refractivity contribution in [2.45, 2.75) is 29.3 Å². The molecule has 0 radical (unpaired) electrons. The summed E-state index contributed by atoms with van der Waals surface area (Å²) in [4.78, 5) is 14.1. The van der Waals surface area contributed by atoms with E-state index in [1.807, 2.05) is 37.4 Å². The Labute approximate surface area is 209 Å². The second kappa shape index (κ2) is 11.4. The van der Waals surface area contributed by atoms with Crippen LogP contribution in [0.3, 0.4) is 0 Å². The highest BCUT2D eigenvalue weighted by Gasteiger charge is 2.28. The third-order valence-electron chi connectivity index (χ3n) is 5.07. The van der Waals surface area contributed by atoms with Crippen molar-refractivity contribution in [3.8, 4) is 0 Å². The summed E-state index contributed by atoms with van der Waals surface area (Å²) in [6, 6.07) is 20.4. The number of carbonyl (C=O) groups is 1. The Balaban J connectivity index is 1.83. The largest absolute Gasteiger partial charge is 0.348 e. The van der Waals surface area contributed by atoms with Gasteiger partial charge in [-0.1, -0.05) is 53.5 Å². The van der Waals surface area contributed by atoms with Crippen LogP contribution in [0.1, 0.15) is 24.1 Å². The quantitative estimate of drug-likeness (QED) is 0.361. The van der Waals surface area contributed by atoms with Crippen LogP contribution in [0.2, 0.25) is 10.0 Å². The first-order chi connectivity index (χ1) is 15.7. The molecule has 174 valence electrons. The van der Waals surface area contributed by atoms with Crippen molar-refractivity contribution in [3.63, 3.8) is 0 Å². The van der Waals surface area contributed by atoms with Gasteiger partial charge in [-0.15, -0.1) is 11.8 Å². The van der Waals surface area contributed by atoms with Gasteiger partial charge in [0.1, 0.15) is 0 Å². The van der Waals surface area contributed by atoms with Gasteiger partial charge in [-0.25, -0.2) is 8.42 Å². The SMILES string of the molecule is CSc1ccc([C@@H](C)NC(=O)CN(Cc2ccccc2Cl)S(=O)(=O)c2ccc(Cl)cc2)cc1. The summed E-state index contributed by atoms with van der Waals surface area (Å²) >= 11 is 13.8. The van der Waals surface area contributed by atoms with Gasteiger partial charge in [-0.3, -0.25) is 4.79 Å². The van der Waals surface area contributed by atoms with Crippen molar-refractivity contribution in [1.82, 2.24) is 9.62 Å². The Morgan fingerprint density at radius 3 is 2.24 bits per heavy atom. The van der Waals surface area contributed by atoms with E-state index in [1.54, 1.807) is 36.0 Å². The lowest BCUT2D eigenvalue weighted by molar-refractivity contribution is -0.122. The molecule has 0 fully saturated rings. The number of carbonyl (C=O) groups excluding carboxylic acids is 1. The normalized spacial score (nSPS) is 12.5. The monoisotopic (exact) mass is 522 g/mol. The number of hydrogen-bond acceptors (Lipinski definition) is 4. The van der Waals surface area contributed by atoms with Crippen LogP contribution in [0.15, 0.2) is 82.6 Å². The Hall–Kier alpha value is -2.03. The molecule has 0 aromatic heterocycles. The summed E-state index contributed by atoms with van der Waals surface area (Å²) in [6.07, 6.45) is 1.99. The first kappa shape index (κ1) is 25.6. The molecule has 1 atom stereocenters. The second-order valence-electron chi connectivity index (χ2n) is 7.38. The van der Waals surface area contributed by atoms with Gasteiger partial charge in [0.2, 0.25) is 15.9 Å². The predicted molar refractivity (Wildman–Crippen MR) is 135 cm³/mol. The number of sulfonamides is 1. The highest BCUT2D eigenvalue weighted by Crippen LogP contribution is 2.24. The van der Waals surface area contributed by atoms with E-state index in [0.717, 1.165) is 14.8 Å². The molecule has 1 N–H and O–H groups in total. The number of hydrogen-bond donors (Lipinski definition) is 1. The van der Waals surface area contributed by atoms with E-state index in [2.05, 4.69) is 5.32 Å². The first-order valence-electron chi connectivity index (χ1n) is 10.1. The van der Waals surface area contributed by atoms with E-state index in [9.17, 15) is 13.2 Å². The number of halogens is 2. The second-order valence-corrected chi connectivity index (χ2v) is 11.0. The number of nitrogens with one attached hydrogen (secondary N) is 1. The van der Waals surface area contributed by atoms with Crippen molar-refractivity contribution < 1.29 is 13.2 Å². The maximum absolute atomic E-state index is 13.4. The van der Waals surface area contributed by atoms with E-state index < -0.39 is 15.9 Å². The molecule has 0 aliphatic carbocycles. The lowest BCUT2D eigenvalue weighted by Gasteiger charge is -2.24. The predicted octanol–water partition coefficient (Wildman–Crippen LogP) is 5.78. The van der Waals surface area contributed by atoms with Crippen LogP contribution < -0.4 is 5.32 Å². The molecule has 3 aromatic carbocycles. The van der Waals surface area contributed by atoms with Gasteiger partial charge >= 0.3 is 0 Å². The Bertz CT molecular complexity index is 1200. The van der Waals surface area contributed by atoms with Gasteiger partial charge in [0.05, 0.1) is 17.5 Å². The van der Waals surface area contributed by atoms with Gasteiger partial charge in [0.15, 0.2) is 0 Å². The maximum Gasteiger partial charge on any atom is 0.243 e. The summed E-state index contributed by atoms with van der Waals surface area (Å²) in [6.45, 7) is 1.45. The van der Waals surface area contributed by atoms with Crippen molar-refractivity contribution in [3.05, 3.63) is 94.0 Å². The molecule has 3 aromatic rings. The van der Waals surface area contributed by atoms with Crippen molar-refractivity contribution in [2.24, 2.45) is 0 Å². The zero-order valence-electron chi connectivity index (χ0n) is 18.2. The minimum absolute atomic E-state index is 0.0468. The molecular formula is C24H24Cl2N2O3S2. The van der Waals surface area contributed by atoms with Crippen molar-refractivity contribution >= 4 is 50.9 Å². The molecule has 0 saturated heterocycles. The van der Waals surface area contributed by atoms with Gasteiger partial charge in [0.25, 0.3) is 0 Å². The number of amides is 1. The third kappa shape index (κ3) is 6.74. The van der Waals surface area contributed by atoms with Gasteiger partial charge in [0, 0.05) is 21.5 Å². The van der Waals surface area contributed by atoms with Gasteiger partial charge in [-0.2, -0.15) is 4.31 Å². The molecule has 0 spiro atoms. The molecule has 0 saturated carbocycles. The number of nitrogens with zero attached hydrogens (tertiary/aromatic N) is 1. The van der Waals surface area contributed by atoms with Crippen LogP contribution in [0.25, 0.3) is 0 Å². The van der Waals surface area contributed by atoms with Gasteiger partial charge in [-0.05, 0) is 66.8 Å². The molecule has 3 rings (SSSR count). The van der Waals surface area contributed by atoms with Crippen LogP contribution in [-0.4, -0.2) is 31.4 Å². The third-order valence-corrected chi connectivity index (χ3v) is 8.24. The number of benzene rings is 3. The summed E-state index contributed by atoms with van der Waals surface area (Å²) in [5.74, 6) is -0.416. The van der Waals surface area contributed by atoms with Crippen LogP contribution in [-0.2, 0) is 21.4 Å². The molecule has 9 heteroatoms. The lowest BCUT2D eigenvalue weighted by Crippen LogP contribution is -2.41. The summed E-state index contributed by atoms with van der Waals surface area (Å²) in [5, 5.41) is 3.74. The average Bonchev–Trinajstić information content (AvgIpc) is 2.80. The van der Waals surface area contributed by atoms with E-state index in [4.69, 9.17) is 23.2 Å². The highest BCUT2D eigenvalue weighted by molar-refractivity contribution is 7.98. The Kier molecular flexibility index (Phi) is 8.84. The molecule has 1 amide bonds. The van der Waals surface area contributed by atoms with Crippen LogP contribution in [0.4, 0.5) is 0 Å². The van der Waals surface area contributed by atoms with E-state index in [-0.39, 0.29) is 24.0 Å². The fourth-order valence-electron chi connectivity index (χ4n) is 3.22. The smallest absolute Gasteiger partial charge is 0.243 e. The molecule has 0 heterocycles. The molecule has 5 nitrogen and oxygen atoms in total. The summed E-state index contributed by atoms with van der Waals surface area (Å²) < 4.78 is 27.9. The van der Waals surface area contributed by atoms with E-state index in [0.29, 0.717) is 15.6 Å². The topological polar surface area (TPSA) is 66.5 Å². The zero-order valence-corrected chi connectivity index (χ0v) is 21.3. The molecule has 0 bridgehead atoms. The molecule has 0 aliphatic heterocycles. The summed E-state index contributed by atoms with van der Waals surface area (Å²) in [7, 11) is -3.98. The zero-order chi connectivity index (χ0) is 24.0. The molecular weight excluding hydrogens is 499 g/mol. The van der Waals surface area contributed by atoms with E-state index >= 15 is 0 Å². The van der Waals surface area contributed by atoms with E-state index in [1.165, 1.54) is 24.3 Å². The highest BCUT2D eigenvalue weighted by atomic mass is 35.5. The maximum atomic E-state index is 13.4. The average molecular weight is 524 g/mol. The molecule has 0 unspecified atom stereocenters.